The summed E-state index contributed by atoms with van der Waals surface area (Å²) in [5, 5.41) is 11.6. The summed E-state index contributed by atoms with van der Waals surface area (Å²) in [5.74, 6) is 0.131. The number of hydrogen-bond acceptors (Lipinski definition) is 4. The van der Waals surface area contributed by atoms with E-state index < -0.39 is 4.92 Å². The van der Waals surface area contributed by atoms with E-state index in [0.29, 0.717) is 18.0 Å². The van der Waals surface area contributed by atoms with Gasteiger partial charge in [0.05, 0.1) is 4.92 Å². The van der Waals surface area contributed by atoms with E-state index in [1.807, 2.05) is 42.2 Å². The van der Waals surface area contributed by atoms with E-state index in [1.165, 1.54) is 6.07 Å². The lowest BCUT2D eigenvalue weighted by Gasteiger charge is -2.38. The molecule has 7 heteroatoms. The normalized spacial score (nSPS) is 15.4. The van der Waals surface area contributed by atoms with Gasteiger partial charge in [-0.15, -0.1) is 0 Å². The van der Waals surface area contributed by atoms with Gasteiger partial charge in [-0.1, -0.05) is 36.7 Å². The maximum Gasteiger partial charge on any atom is 0.269 e. The lowest BCUT2D eigenvalue weighted by molar-refractivity contribution is -0.384. The molecule has 0 spiro atoms. The minimum atomic E-state index is -0.403. The second-order valence-electron chi connectivity index (χ2n) is 6.99. The van der Waals surface area contributed by atoms with Crippen molar-refractivity contribution in [2.45, 2.75) is 38.8 Å². The van der Waals surface area contributed by atoms with Crippen molar-refractivity contribution in [1.29, 1.82) is 0 Å². The summed E-state index contributed by atoms with van der Waals surface area (Å²) >= 11 is 6.24. The van der Waals surface area contributed by atoms with Crippen LogP contribution in [-0.2, 0) is 11.3 Å². The first-order valence-corrected chi connectivity index (χ1v) is 9.89. The SMILES string of the molecule is CCC(=O)N(c1ccccc1)C1CCN(Cc2cc([N+](=O)[O-])ccc2Cl)CC1. The number of likely N-dealkylation sites (tertiary alicyclic amines) is 1. The number of benzene rings is 2. The Morgan fingerprint density at radius 1 is 1.21 bits per heavy atom. The number of amides is 1. The zero-order valence-electron chi connectivity index (χ0n) is 15.9. The monoisotopic (exact) mass is 401 g/mol. The Hall–Kier alpha value is -2.44. The first kappa shape index (κ1) is 20.3. The summed E-state index contributed by atoms with van der Waals surface area (Å²) in [6, 6.07) is 14.5. The van der Waals surface area contributed by atoms with Crippen molar-refractivity contribution in [2.24, 2.45) is 0 Å². The van der Waals surface area contributed by atoms with Gasteiger partial charge in [-0.2, -0.15) is 0 Å². The average molecular weight is 402 g/mol. The van der Waals surface area contributed by atoms with Crippen molar-refractivity contribution in [1.82, 2.24) is 4.90 Å². The minimum absolute atomic E-state index is 0.0538. The summed E-state index contributed by atoms with van der Waals surface area (Å²) in [7, 11) is 0. The van der Waals surface area contributed by atoms with Gasteiger partial charge in [0.1, 0.15) is 0 Å². The van der Waals surface area contributed by atoms with Crippen molar-refractivity contribution >= 4 is 28.9 Å². The second-order valence-corrected chi connectivity index (χ2v) is 7.40. The van der Waals surface area contributed by atoms with Crippen LogP contribution in [0.3, 0.4) is 0 Å². The molecule has 0 aliphatic carbocycles. The highest BCUT2D eigenvalue weighted by Gasteiger charge is 2.28. The molecule has 6 nitrogen and oxygen atoms in total. The van der Waals surface area contributed by atoms with Crippen molar-refractivity contribution in [3.8, 4) is 0 Å². The quantitative estimate of drug-likeness (QED) is 0.521. The number of halogens is 1. The molecule has 1 aliphatic heterocycles. The fourth-order valence-corrected chi connectivity index (χ4v) is 3.87. The van der Waals surface area contributed by atoms with E-state index in [-0.39, 0.29) is 17.6 Å². The third kappa shape index (κ3) is 4.69. The highest BCUT2D eigenvalue weighted by atomic mass is 35.5. The van der Waals surface area contributed by atoms with Gasteiger partial charge in [0.25, 0.3) is 5.69 Å². The topological polar surface area (TPSA) is 66.7 Å². The van der Waals surface area contributed by atoms with Crippen molar-refractivity contribution < 1.29 is 9.72 Å². The van der Waals surface area contributed by atoms with E-state index in [9.17, 15) is 14.9 Å². The lowest BCUT2D eigenvalue weighted by Crippen LogP contribution is -2.47. The Labute approximate surface area is 169 Å². The fourth-order valence-electron chi connectivity index (χ4n) is 3.69. The number of piperidine rings is 1. The molecule has 0 bridgehead atoms. The number of nitro benzene ring substituents is 1. The van der Waals surface area contributed by atoms with Crippen LogP contribution in [0.25, 0.3) is 0 Å². The summed E-state index contributed by atoms with van der Waals surface area (Å²) in [5.41, 5.74) is 1.76. The highest BCUT2D eigenvalue weighted by Crippen LogP contribution is 2.27. The van der Waals surface area contributed by atoms with Gasteiger partial charge in [0, 0.05) is 54.9 Å². The Balaban J connectivity index is 1.67. The number of non-ortho nitro benzene ring substituents is 1. The molecule has 0 saturated carbocycles. The highest BCUT2D eigenvalue weighted by molar-refractivity contribution is 6.31. The Kier molecular flexibility index (Phi) is 6.65. The van der Waals surface area contributed by atoms with Gasteiger partial charge >= 0.3 is 0 Å². The van der Waals surface area contributed by atoms with Gasteiger partial charge in [-0.3, -0.25) is 19.8 Å². The lowest BCUT2D eigenvalue weighted by atomic mass is 10.0. The molecule has 1 saturated heterocycles. The molecule has 2 aromatic rings. The molecule has 1 heterocycles. The molecule has 0 N–H and O–H groups in total. The molecular formula is C21H24ClN3O3. The van der Waals surface area contributed by atoms with Crippen LogP contribution in [0.15, 0.2) is 48.5 Å². The number of nitro groups is 1. The Morgan fingerprint density at radius 3 is 2.50 bits per heavy atom. The van der Waals surface area contributed by atoms with Crippen molar-refractivity contribution in [3.63, 3.8) is 0 Å². The molecule has 0 atom stereocenters. The Bertz CT molecular complexity index is 836. The van der Waals surface area contributed by atoms with Gasteiger partial charge < -0.3 is 4.90 Å². The standard InChI is InChI=1S/C21H24ClN3O3/c1-2-21(26)24(17-6-4-3-5-7-17)18-10-12-23(13-11-18)15-16-14-19(25(27)28)8-9-20(16)22/h3-9,14,18H,2,10-13,15H2,1H3. The van der Waals surface area contributed by atoms with Gasteiger partial charge in [-0.05, 0) is 36.6 Å². The smallest absolute Gasteiger partial charge is 0.269 e. The van der Waals surface area contributed by atoms with E-state index in [4.69, 9.17) is 11.6 Å². The third-order valence-corrected chi connectivity index (χ3v) is 5.53. The van der Waals surface area contributed by atoms with E-state index >= 15 is 0 Å². The molecule has 148 valence electrons. The van der Waals surface area contributed by atoms with Crippen LogP contribution in [0.4, 0.5) is 11.4 Å². The number of carbonyl (C=O) groups is 1. The molecule has 0 aromatic heterocycles. The third-order valence-electron chi connectivity index (χ3n) is 5.16. The van der Waals surface area contributed by atoms with Crippen LogP contribution in [-0.4, -0.2) is 34.9 Å². The van der Waals surface area contributed by atoms with Crippen LogP contribution in [0.5, 0.6) is 0 Å². The first-order chi connectivity index (χ1) is 13.5. The molecule has 1 fully saturated rings. The fraction of sp³-hybridized carbons (Fsp3) is 0.381. The first-order valence-electron chi connectivity index (χ1n) is 9.52. The Morgan fingerprint density at radius 2 is 1.89 bits per heavy atom. The number of nitrogens with zero attached hydrogens (tertiary/aromatic N) is 3. The maximum absolute atomic E-state index is 12.6. The molecule has 3 rings (SSSR count). The van der Waals surface area contributed by atoms with E-state index in [2.05, 4.69) is 4.90 Å². The van der Waals surface area contributed by atoms with Gasteiger partial charge in [-0.25, -0.2) is 0 Å². The largest absolute Gasteiger partial charge is 0.309 e. The molecule has 28 heavy (non-hydrogen) atoms. The molecule has 1 aliphatic rings. The molecule has 2 aromatic carbocycles. The zero-order chi connectivity index (χ0) is 20.1. The van der Waals surface area contributed by atoms with Crippen LogP contribution < -0.4 is 4.90 Å². The summed E-state index contributed by atoms with van der Waals surface area (Å²) in [4.78, 5) is 27.3. The number of rotatable bonds is 6. The van der Waals surface area contributed by atoms with Crippen LogP contribution in [0.2, 0.25) is 5.02 Å². The maximum atomic E-state index is 12.6. The van der Waals surface area contributed by atoms with Crippen molar-refractivity contribution in [2.75, 3.05) is 18.0 Å². The predicted octanol–water partition coefficient (Wildman–Crippen LogP) is 4.66. The molecular weight excluding hydrogens is 378 g/mol. The van der Waals surface area contributed by atoms with Crippen molar-refractivity contribution in [3.05, 3.63) is 69.2 Å². The molecule has 1 amide bonds. The number of para-hydroxylation sites is 1. The number of anilines is 1. The molecule has 0 unspecified atom stereocenters. The van der Waals surface area contributed by atoms with Gasteiger partial charge in [0.2, 0.25) is 5.91 Å². The number of hydrogen-bond donors (Lipinski definition) is 0. The minimum Gasteiger partial charge on any atom is -0.309 e. The zero-order valence-corrected chi connectivity index (χ0v) is 16.6. The predicted molar refractivity (Wildman–Crippen MR) is 111 cm³/mol. The second kappa shape index (κ2) is 9.17. The van der Waals surface area contributed by atoms with Crippen LogP contribution in [0, 0.1) is 10.1 Å². The van der Waals surface area contributed by atoms with Crippen LogP contribution >= 0.6 is 11.6 Å². The number of carbonyl (C=O) groups excluding carboxylic acids is 1. The van der Waals surface area contributed by atoms with E-state index in [0.717, 1.165) is 37.2 Å². The van der Waals surface area contributed by atoms with E-state index in [1.54, 1.807) is 12.1 Å². The summed E-state index contributed by atoms with van der Waals surface area (Å²) in [6.07, 6.45) is 2.18. The summed E-state index contributed by atoms with van der Waals surface area (Å²) in [6.45, 7) is 4.08. The van der Waals surface area contributed by atoms with Crippen LogP contribution in [0.1, 0.15) is 31.7 Å². The van der Waals surface area contributed by atoms with Gasteiger partial charge in [0.15, 0.2) is 0 Å². The summed E-state index contributed by atoms with van der Waals surface area (Å²) < 4.78 is 0. The average Bonchev–Trinajstić information content (AvgIpc) is 2.71. The molecule has 0 radical (unpaired) electrons.